The van der Waals surface area contributed by atoms with Gasteiger partial charge in [-0.05, 0) is 48.2 Å². The quantitative estimate of drug-likeness (QED) is 0.643. The topological polar surface area (TPSA) is 17.1 Å². The summed E-state index contributed by atoms with van der Waals surface area (Å²) >= 11 is 15.5. The number of carbonyl (C=O) groups excluding carboxylic acids is 1. The van der Waals surface area contributed by atoms with Gasteiger partial charge in [-0.3, -0.25) is 4.79 Å². The van der Waals surface area contributed by atoms with E-state index in [0.717, 1.165) is 34.0 Å². The maximum absolute atomic E-state index is 12.6. The third kappa shape index (κ3) is 2.33. The van der Waals surface area contributed by atoms with E-state index in [1.54, 1.807) is 12.1 Å². The van der Waals surface area contributed by atoms with Gasteiger partial charge in [0, 0.05) is 15.6 Å². The highest BCUT2D eigenvalue weighted by atomic mass is 79.9. The van der Waals surface area contributed by atoms with Gasteiger partial charge in [-0.25, -0.2) is 0 Å². The second-order valence-corrected chi connectivity index (χ2v) is 6.28. The molecule has 1 nitrogen and oxygen atoms in total. The van der Waals surface area contributed by atoms with E-state index in [1.165, 1.54) is 0 Å². The molecule has 19 heavy (non-hydrogen) atoms. The summed E-state index contributed by atoms with van der Waals surface area (Å²) in [5, 5.41) is 0.924. The van der Waals surface area contributed by atoms with E-state index in [0.29, 0.717) is 15.6 Å². The number of aryl methyl sites for hydroxylation is 2. The lowest BCUT2D eigenvalue weighted by Gasteiger charge is -2.07. The van der Waals surface area contributed by atoms with Gasteiger partial charge in [-0.1, -0.05) is 45.2 Å². The summed E-state index contributed by atoms with van der Waals surface area (Å²) in [6.07, 6.45) is 1.63. The SMILES string of the molecule is O=C1c2cc(Br)ccc2CCc2cc(Cl)c(Cl)cc21. The molecular formula is C15H9BrCl2O. The minimum Gasteiger partial charge on any atom is -0.289 e. The Kier molecular flexibility index (Phi) is 3.42. The van der Waals surface area contributed by atoms with Crippen LogP contribution in [-0.2, 0) is 12.8 Å². The predicted molar refractivity (Wildman–Crippen MR) is 81.4 cm³/mol. The Morgan fingerprint density at radius 1 is 0.895 bits per heavy atom. The third-order valence-corrected chi connectivity index (χ3v) is 4.59. The van der Waals surface area contributed by atoms with Crippen molar-refractivity contribution in [3.8, 4) is 0 Å². The largest absolute Gasteiger partial charge is 0.289 e. The van der Waals surface area contributed by atoms with Gasteiger partial charge < -0.3 is 0 Å². The van der Waals surface area contributed by atoms with E-state index >= 15 is 0 Å². The van der Waals surface area contributed by atoms with Crippen molar-refractivity contribution < 1.29 is 4.79 Å². The molecule has 0 atom stereocenters. The Morgan fingerprint density at radius 2 is 1.53 bits per heavy atom. The molecule has 0 heterocycles. The molecule has 96 valence electrons. The number of fused-ring (bicyclic) bond motifs is 2. The molecule has 0 amide bonds. The smallest absolute Gasteiger partial charge is 0.193 e. The van der Waals surface area contributed by atoms with Gasteiger partial charge in [0.1, 0.15) is 0 Å². The lowest BCUT2D eigenvalue weighted by atomic mass is 9.99. The van der Waals surface area contributed by atoms with Crippen LogP contribution in [0.15, 0.2) is 34.8 Å². The van der Waals surface area contributed by atoms with Gasteiger partial charge in [0.15, 0.2) is 5.78 Å². The molecule has 0 unspecified atom stereocenters. The molecule has 0 aliphatic heterocycles. The summed E-state index contributed by atoms with van der Waals surface area (Å²) in [5.74, 6) is 0.0161. The molecule has 0 N–H and O–H groups in total. The zero-order valence-electron chi connectivity index (χ0n) is 9.84. The maximum atomic E-state index is 12.6. The van der Waals surface area contributed by atoms with E-state index in [1.807, 2.05) is 18.2 Å². The number of hydrogen-bond donors (Lipinski definition) is 0. The monoisotopic (exact) mass is 354 g/mol. The highest BCUT2D eigenvalue weighted by molar-refractivity contribution is 9.10. The summed E-state index contributed by atoms with van der Waals surface area (Å²) in [5.41, 5.74) is 3.43. The molecule has 0 radical (unpaired) electrons. The third-order valence-electron chi connectivity index (χ3n) is 3.37. The molecule has 0 aromatic heterocycles. The molecule has 2 aromatic rings. The first-order chi connectivity index (χ1) is 9.06. The minimum atomic E-state index is 0.0161. The van der Waals surface area contributed by atoms with Gasteiger partial charge in [0.05, 0.1) is 10.0 Å². The fourth-order valence-electron chi connectivity index (χ4n) is 2.40. The number of carbonyl (C=O) groups is 1. The zero-order valence-corrected chi connectivity index (χ0v) is 12.9. The summed E-state index contributed by atoms with van der Waals surface area (Å²) in [6.45, 7) is 0. The minimum absolute atomic E-state index is 0.0161. The lowest BCUT2D eigenvalue weighted by Crippen LogP contribution is -2.04. The maximum Gasteiger partial charge on any atom is 0.193 e. The second kappa shape index (κ2) is 4.93. The van der Waals surface area contributed by atoms with Crippen molar-refractivity contribution in [2.45, 2.75) is 12.8 Å². The summed E-state index contributed by atoms with van der Waals surface area (Å²) in [4.78, 5) is 12.6. The average molecular weight is 356 g/mol. The van der Waals surface area contributed by atoms with Crippen LogP contribution in [0.3, 0.4) is 0 Å². The van der Waals surface area contributed by atoms with Crippen molar-refractivity contribution in [1.29, 1.82) is 0 Å². The van der Waals surface area contributed by atoms with Crippen LogP contribution in [0.4, 0.5) is 0 Å². The van der Waals surface area contributed by atoms with E-state index in [2.05, 4.69) is 15.9 Å². The first kappa shape index (κ1) is 13.2. The average Bonchev–Trinajstić information content (AvgIpc) is 2.50. The molecule has 3 rings (SSSR count). The molecule has 0 fully saturated rings. The molecular weight excluding hydrogens is 347 g/mol. The van der Waals surface area contributed by atoms with Crippen molar-refractivity contribution >= 4 is 44.9 Å². The lowest BCUT2D eigenvalue weighted by molar-refractivity contribution is 0.103. The van der Waals surface area contributed by atoms with E-state index in [9.17, 15) is 4.79 Å². The number of ketones is 1. The number of benzene rings is 2. The molecule has 1 aliphatic carbocycles. The van der Waals surface area contributed by atoms with E-state index in [4.69, 9.17) is 23.2 Å². The molecule has 1 aliphatic rings. The van der Waals surface area contributed by atoms with Gasteiger partial charge in [-0.2, -0.15) is 0 Å². The fraction of sp³-hybridized carbons (Fsp3) is 0.133. The Bertz CT molecular complexity index is 695. The zero-order chi connectivity index (χ0) is 13.6. The van der Waals surface area contributed by atoms with Gasteiger partial charge in [0.2, 0.25) is 0 Å². The number of hydrogen-bond acceptors (Lipinski definition) is 1. The van der Waals surface area contributed by atoms with E-state index < -0.39 is 0 Å². The molecule has 0 bridgehead atoms. The predicted octanol–water partition coefficient (Wildman–Crippen LogP) is 5.09. The van der Waals surface area contributed by atoms with Crippen LogP contribution in [-0.4, -0.2) is 5.78 Å². The van der Waals surface area contributed by atoms with Gasteiger partial charge in [0.25, 0.3) is 0 Å². The van der Waals surface area contributed by atoms with Crippen LogP contribution >= 0.6 is 39.1 Å². The van der Waals surface area contributed by atoms with Crippen molar-refractivity contribution in [2.24, 2.45) is 0 Å². The van der Waals surface area contributed by atoms with Crippen molar-refractivity contribution in [1.82, 2.24) is 0 Å². The van der Waals surface area contributed by atoms with Crippen LogP contribution in [0.2, 0.25) is 10.0 Å². The van der Waals surface area contributed by atoms with E-state index in [-0.39, 0.29) is 5.78 Å². The highest BCUT2D eigenvalue weighted by Gasteiger charge is 2.22. The fourth-order valence-corrected chi connectivity index (χ4v) is 3.11. The van der Waals surface area contributed by atoms with Crippen LogP contribution in [0.1, 0.15) is 27.0 Å². The Hall–Kier alpha value is -0.830. The standard InChI is InChI=1S/C15H9BrCl2O/c16-10-4-3-8-1-2-9-5-13(17)14(18)7-12(9)15(19)11(8)6-10/h3-7H,1-2H2. The van der Waals surface area contributed by atoms with Crippen LogP contribution in [0, 0.1) is 0 Å². The van der Waals surface area contributed by atoms with Crippen molar-refractivity contribution in [3.05, 3.63) is 67.1 Å². The first-order valence-corrected chi connectivity index (χ1v) is 7.42. The summed E-state index contributed by atoms with van der Waals surface area (Å²) in [6, 6.07) is 9.30. The Morgan fingerprint density at radius 3 is 2.32 bits per heavy atom. The molecule has 0 saturated heterocycles. The number of halogens is 3. The highest BCUT2D eigenvalue weighted by Crippen LogP contribution is 2.32. The van der Waals surface area contributed by atoms with Crippen LogP contribution < -0.4 is 0 Å². The van der Waals surface area contributed by atoms with Crippen molar-refractivity contribution in [2.75, 3.05) is 0 Å². The van der Waals surface area contributed by atoms with Crippen molar-refractivity contribution in [3.63, 3.8) is 0 Å². The Labute approximate surface area is 129 Å². The Balaban J connectivity index is 2.22. The summed E-state index contributed by atoms with van der Waals surface area (Å²) < 4.78 is 0.906. The molecule has 0 saturated carbocycles. The summed E-state index contributed by atoms with van der Waals surface area (Å²) in [7, 11) is 0. The molecule has 2 aromatic carbocycles. The van der Waals surface area contributed by atoms with Gasteiger partial charge >= 0.3 is 0 Å². The second-order valence-electron chi connectivity index (χ2n) is 4.55. The molecule has 0 spiro atoms. The van der Waals surface area contributed by atoms with Crippen LogP contribution in [0.5, 0.6) is 0 Å². The number of rotatable bonds is 0. The van der Waals surface area contributed by atoms with Gasteiger partial charge in [-0.15, -0.1) is 0 Å². The first-order valence-electron chi connectivity index (χ1n) is 5.87. The normalized spacial score (nSPS) is 13.7. The molecule has 4 heteroatoms. The van der Waals surface area contributed by atoms with Crippen LogP contribution in [0.25, 0.3) is 0 Å².